The Morgan fingerprint density at radius 3 is 2.56 bits per heavy atom. The number of hydrogen-bond donors (Lipinski definition) is 2. The first-order valence-electron chi connectivity index (χ1n) is 11.1. The van der Waals surface area contributed by atoms with Crippen molar-refractivity contribution in [1.29, 1.82) is 0 Å². The van der Waals surface area contributed by atoms with E-state index in [-0.39, 0.29) is 11.8 Å². The van der Waals surface area contributed by atoms with Crippen LogP contribution >= 0.6 is 0 Å². The Hall–Kier alpha value is -3.54. The molecule has 164 valence electrons. The third-order valence-corrected chi connectivity index (χ3v) is 6.58. The highest BCUT2D eigenvalue weighted by atomic mass is 16.4. The summed E-state index contributed by atoms with van der Waals surface area (Å²) in [5.74, 6) is 0.132. The molecule has 2 aromatic carbocycles. The second-order valence-corrected chi connectivity index (χ2v) is 8.70. The molecular formula is C26H26N2O4. The van der Waals surface area contributed by atoms with Crippen molar-refractivity contribution in [2.45, 2.75) is 32.2 Å². The average molecular weight is 431 g/mol. The molecule has 5 rings (SSSR count). The summed E-state index contributed by atoms with van der Waals surface area (Å²) in [6.07, 6.45) is 5.03. The van der Waals surface area contributed by atoms with E-state index in [2.05, 4.69) is 9.88 Å². The lowest BCUT2D eigenvalue weighted by atomic mass is 9.82. The van der Waals surface area contributed by atoms with Gasteiger partial charge >= 0.3 is 5.97 Å². The number of hydrogen-bond acceptors (Lipinski definition) is 3. The highest BCUT2D eigenvalue weighted by Gasteiger charge is 2.26. The Morgan fingerprint density at radius 1 is 1.00 bits per heavy atom. The molecule has 6 nitrogen and oxygen atoms in total. The second kappa shape index (κ2) is 8.54. The molecule has 1 amide bonds. The molecular weight excluding hydrogens is 404 g/mol. The molecule has 0 aliphatic heterocycles. The van der Waals surface area contributed by atoms with Crippen molar-refractivity contribution in [2.75, 3.05) is 6.54 Å². The quantitative estimate of drug-likeness (QED) is 0.448. The maximum absolute atomic E-state index is 13.1. The first-order chi connectivity index (χ1) is 15.6. The maximum Gasteiger partial charge on any atom is 0.306 e. The number of carbonyl (C=O) groups excluding carboxylic acids is 1. The fourth-order valence-corrected chi connectivity index (χ4v) is 4.80. The first-order valence-corrected chi connectivity index (χ1v) is 11.1. The van der Waals surface area contributed by atoms with Crippen LogP contribution in [0.3, 0.4) is 0 Å². The smallest absolute Gasteiger partial charge is 0.306 e. The maximum atomic E-state index is 13.1. The number of nitrogens with one attached hydrogen (secondary N) is 1. The normalized spacial score (nSPS) is 18.8. The van der Waals surface area contributed by atoms with Crippen molar-refractivity contribution in [3.63, 3.8) is 0 Å². The zero-order chi connectivity index (χ0) is 22.1. The Morgan fingerprint density at radius 2 is 1.78 bits per heavy atom. The third kappa shape index (κ3) is 4.00. The predicted octanol–water partition coefficient (Wildman–Crippen LogP) is 5.06. The van der Waals surface area contributed by atoms with E-state index in [1.165, 1.54) is 0 Å². The minimum absolute atomic E-state index is 0.0967. The van der Waals surface area contributed by atoms with Crippen molar-refractivity contribution >= 4 is 33.7 Å². The number of fused-ring (bicyclic) bond motifs is 2. The fourth-order valence-electron chi connectivity index (χ4n) is 4.80. The fraction of sp³-hybridized carbons (Fsp3) is 0.308. The van der Waals surface area contributed by atoms with Crippen molar-refractivity contribution in [3.05, 3.63) is 72.1 Å². The molecule has 4 aromatic rings. The van der Waals surface area contributed by atoms with Crippen LogP contribution in [0.4, 0.5) is 0 Å². The van der Waals surface area contributed by atoms with Gasteiger partial charge in [-0.1, -0.05) is 30.3 Å². The number of aromatic nitrogens is 1. The number of amides is 1. The van der Waals surface area contributed by atoms with Gasteiger partial charge in [-0.2, -0.15) is 0 Å². The van der Waals surface area contributed by atoms with E-state index in [4.69, 9.17) is 9.52 Å². The number of furan rings is 1. The molecule has 0 unspecified atom stereocenters. The zero-order valence-corrected chi connectivity index (χ0v) is 17.8. The third-order valence-electron chi connectivity index (χ3n) is 6.58. The Labute approximate surface area is 185 Å². The van der Waals surface area contributed by atoms with E-state index in [1.807, 2.05) is 60.8 Å². The average Bonchev–Trinajstić information content (AvgIpc) is 3.41. The Kier molecular flexibility index (Phi) is 5.43. The first kappa shape index (κ1) is 20.4. The molecule has 2 aromatic heterocycles. The van der Waals surface area contributed by atoms with Crippen molar-refractivity contribution in [1.82, 2.24) is 9.88 Å². The topological polar surface area (TPSA) is 84.5 Å². The summed E-state index contributed by atoms with van der Waals surface area (Å²) in [5.41, 5.74) is 2.39. The molecule has 1 saturated carbocycles. The summed E-state index contributed by atoms with van der Waals surface area (Å²) in [6.45, 7) is 1.12. The number of benzene rings is 2. The molecule has 0 spiro atoms. The minimum atomic E-state index is -0.704. The van der Waals surface area contributed by atoms with Crippen LogP contribution < -0.4 is 5.32 Å². The number of carbonyl (C=O) groups is 2. The van der Waals surface area contributed by atoms with Gasteiger partial charge in [-0.05, 0) is 55.9 Å². The summed E-state index contributed by atoms with van der Waals surface area (Å²) in [4.78, 5) is 24.2. The molecule has 32 heavy (non-hydrogen) atoms. The van der Waals surface area contributed by atoms with E-state index in [0.29, 0.717) is 37.4 Å². The summed E-state index contributed by atoms with van der Waals surface area (Å²) < 4.78 is 8.04. The Balaban J connectivity index is 1.32. The molecule has 0 atom stereocenters. The molecule has 1 aliphatic rings. The predicted molar refractivity (Wildman–Crippen MR) is 123 cm³/mol. The zero-order valence-electron chi connectivity index (χ0n) is 17.8. The van der Waals surface area contributed by atoms with Crippen LogP contribution in [0.15, 0.2) is 65.2 Å². The molecule has 0 saturated heterocycles. The van der Waals surface area contributed by atoms with Crippen LogP contribution in [0.5, 0.6) is 0 Å². The second-order valence-electron chi connectivity index (χ2n) is 8.70. The van der Waals surface area contributed by atoms with Crippen molar-refractivity contribution in [3.8, 4) is 0 Å². The molecule has 0 bridgehead atoms. The van der Waals surface area contributed by atoms with Gasteiger partial charge in [-0.15, -0.1) is 0 Å². The van der Waals surface area contributed by atoms with Gasteiger partial charge in [0, 0.05) is 23.5 Å². The highest BCUT2D eigenvalue weighted by molar-refractivity contribution is 6.06. The van der Waals surface area contributed by atoms with Gasteiger partial charge in [0.25, 0.3) is 5.91 Å². The number of para-hydroxylation sites is 2. The number of carboxylic acids is 1. The van der Waals surface area contributed by atoms with E-state index < -0.39 is 5.97 Å². The minimum Gasteiger partial charge on any atom is -0.481 e. The SMILES string of the molecule is O=C(NCC1CCC(C(=O)O)CC1)c1cccc2ccn(Cc3cc4ccccc4o3)c12. The summed E-state index contributed by atoms with van der Waals surface area (Å²) in [7, 11) is 0. The molecule has 1 fully saturated rings. The summed E-state index contributed by atoms with van der Waals surface area (Å²) in [5, 5.41) is 14.3. The molecule has 1 aliphatic carbocycles. The van der Waals surface area contributed by atoms with Crippen LogP contribution in [-0.2, 0) is 11.3 Å². The van der Waals surface area contributed by atoms with E-state index in [1.54, 1.807) is 0 Å². The molecule has 2 N–H and O–H groups in total. The highest BCUT2D eigenvalue weighted by Crippen LogP contribution is 2.29. The molecule has 6 heteroatoms. The van der Waals surface area contributed by atoms with Crippen LogP contribution in [-0.4, -0.2) is 28.1 Å². The van der Waals surface area contributed by atoms with Crippen LogP contribution in [0.1, 0.15) is 41.8 Å². The largest absolute Gasteiger partial charge is 0.481 e. The summed E-state index contributed by atoms with van der Waals surface area (Å²) >= 11 is 0. The monoisotopic (exact) mass is 430 g/mol. The lowest BCUT2D eigenvalue weighted by Crippen LogP contribution is -2.32. The van der Waals surface area contributed by atoms with Gasteiger partial charge in [-0.25, -0.2) is 0 Å². The standard InChI is InChI=1S/C26H26N2O4/c29-25(27-15-17-8-10-19(11-9-17)26(30)31)22-6-3-5-18-12-13-28(24(18)22)16-21-14-20-4-1-2-7-23(20)32-21/h1-7,12-14,17,19H,8-11,15-16H2,(H,27,29)(H,30,31). The molecule has 2 heterocycles. The van der Waals surface area contributed by atoms with Gasteiger partial charge in [0.2, 0.25) is 0 Å². The lowest BCUT2D eigenvalue weighted by molar-refractivity contribution is -0.143. The van der Waals surface area contributed by atoms with Gasteiger partial charge in [0.15, 0.2) is 0 Å². The summed E-state index contributed by atoms with van der Waals surface area (Å²) in [6, 6.07) is 17.7. The van der Waals surface area contributed by atoms with Crippen LogP contribution in [0.25, 0.3) is 21.9 Å². The van der Waals surface area contributed by atoms with Gasteiger partial charge in [0.05, 0.1) is 23.5 Å². The van der Waals surface area contributed by atoms with Gasteiger partial charge in [-0.3, -0.25) is 9.59 Å². The number of carboxylic acid groups (broad SMARTS) is 1. The van der Waals surface area contributed by atoms with Crippen molar-refractivity contribution < 1.29 is 19.1 Å². The van der Waals surface area contributed by atoms with Gasteiger partial charge < -0.3 is 19.4 Å². The Bertz CT molecular complexity index is 1240. The van der Waals surface area contributed by atoms with Gasteiger partial charge in [0.1, 0.15) is 11.3 Å². The van der Waals surface area contributed by atoms with E-state index in [0.717, 1.165) is 40.5 Å². The van der Waals surface area contributed by atoms with E-state index in [9.17, 15) is 9.59 Å². The number of rotatable bonds is 6. The van der Waals surface area contributed by atoms with Crippen molar-refractivity contribution in [2.24, 2.45) is 11.8 Å². The number of aliphatic carboxylic acids is 1. The number of nitrogens with zero attached hydrogens (tertiary/aromatic N) is 1. The van der Waals surface area contributed by atoms with Crippen LogP contribution in [0, 0.1) is 11.8 Å². The lowest BCUT2D eigenvalue weighted by Gasteiger charge is -2.26. The molecule has 0 radical (unpaired) electrons. The van der Waals surface area contributed by atoms with Crippen LogP contribution in [0.2, 0.25) is 0 Å². The van der Waals surface area contributed by atoms with E-state index >= 15 is 0 Å².